The lowest BCUT2D eigenvalue weighted by atomic mass is 10.2. The van der Waals surface area contributed by atoms with Crippen molar-refractivity contribution >= 4 is 22.6 Å². The fraction of sp³-hybridized carbons (Fsp3) is 0. The second kappa shape index (κ2) is 4.57. The normalized spacial score (nSPS) is 10.6. The highest BCUT2D eigenvalue weighted by Crippen LogP contribution is 2.19. The molecule has 0 atom stereocenters. The van der Waals surface area contributed by atoms with Gasteiger partial charge < -0.3 is 10.3 Å². The number of aromatic amines is 1. The molecule has 0 aliphatic carbocycles. The quantitative estimate of drug-likeness (QED) is 0.721. The van der Waals surface area contributed by atoms with E-state index in [1.165, 1.54) is 12.1 Å². The number of anilines is 1. The van der Waals surface area contributed by atoms with Gasteiger partial charge in [-0.2, -0.15) is 0 Å². The molecular formula is C15H11FN2O. The van der Waals surface area contributed by atoms with Gasteiger partial charge in [0, 0.05) is 10.9 Å². The van der Waals surface area contributed by atoms with Gasteiger partial charge in [0.2, 0.25) is 0 Å². The van der Waals surface area contributed by atoms with Gasteiger partial charge in [-0.15, -0.1) is 0 Å². The van der Waals surface area contributed by atoms with Crippen LogP contribution in [0.5, 0.6) is 0 Å². The molecule has 0 unspecified atom stereocenters. The number of para-hydroxylation sites is 1. The number of hydrogen-bond acceptors (Lipinski definition) is 1. The molecule has 3 aromatic rings. The predicted octanol–water partition coefficient (Wildman–Crippen LogP) is 3.56. The maximum absolute atomic E-state index is 13.5. The SMILES string of the molecule is O=C(Nc1cc2ccccc2[nH]1)c1ccccc1F. The van der Waals surface area contributed by atoms with Crippen molar-refractivity contribution in [3.05, 3.63) is 66.0 Å². The smallest absolute Gasteiger partial charge is 0.259 e. The van der Waals surface area contributed by atoms with E-state index in [9.17, 15) is 9.18 Å². The molecule has 0 aliphatic rings. The lowest BCUT2D eigenvalue weighted by Crippen LogP contribution is -2.13. The number of nitrogens with one attached hydrogen (secondary N) is 2. The van der Waals surface area contributed by atoms with Gasteiger partial charge in [-0.3, -0.25) is 4.79 Å². The van der Waals surface area contributed by atoms with E-state index >= 15 is 0 Å². The molecule has 2 aromatic carbocycles. The summed E-state index contributed by atoms with van der Waals surface area (Å²) in [7, 11) is 0. The molecule has 3 nitrogen and oxygen atoms in total. The second-order valence-electron chi connectivity index (χ2n) is 4.20. The van der Waals surface area contributed by atoms with Gasteiger partial charge >= 0.3 is 0 Å². The van der Waals surface area contributed by atoms with Crippen LogP contribution in [0, 0.1) is 5.82 Å². The van der Waals surface area contributed by atoms with Gasteiger partial charge in [-0.1, -0.05) is 30.3 Å². The summed E-state index contributed by atoms with van der Waals surface area (Å²) in [5.41, 5.74) is 0.951. The highest BCUT2D eigenvalue weighted by Gasteiger charge is 2.11. The van der Waals surface area contributed by atoms with Gasteiger partial charge in [-0.25, -0.2) is 4.39 Å². The average Bonchev–Trinajstić information content (AvgIpc) is 2.81. The topological polar surface area (TPSA) is 44.9 Å². The number of hydrogen-bond donors (Lipinski definition) is 2. The monoisotopic (exact) mass is 254 g/mol. The molecule has 4 heteroatoms. The Bertz CT molecular complexity index is 715. The van der Waals surface area contributed by atoms with Crippen molar-refractivity contribution in [3.8, 4) is 0 Å². The van der Waals surface area contributed by atoms with Crippen molar-refractivity contribution in [1.82, 2.24) is 4.98 Å². The summed E-state index contributed by atoms with van der Waals surface area (Å²) in [6, 6.07) is 15.4. The van der Waals surface area contributed by atoms with E-state index in [4.69, 9.17) is 0 Å². The predicted molar refractivity (Wildman–Crippen MR) is 72.7 cm³/mol. The minimum Gasteiger partial charge on any atom is -0.341 e. The van der Waals surface area contributed by atoms with Gasteiger partial charge in [0.1, 0.15) is 11.6 Å². The van der Waals surface area contributed by atoms with Crippen LogP contribution in [0.25, 0.3) is 10.9 Å². The van der Waals surface area contributed by atoms with Gasteiger partial charge in [-0.05, 0) is 24.3 Å². The number of rotatable bonds is 2. The number of benzene rings is 2. The van der Waals surface area contributed by atoms with E-state index in [-0.39, 0.29) is 5.56 Å². The first-order valence-electron chi connectivity index (χ1n) is 5.88. The van der Waals surface area contributed by atoms with Crippen molar-refractivity contribution < 1.29 is 9.18 Å². The second-order valence-corrected chi connectivity index (χ2v) is 4.20. The molecule has 3 rings (SSSR count). The zero-order valence-electron chi connectivity index (χ0n) is 9.98. The van der Waals surface area contributed by atoms with Crippen LogP contribution in [0.2, 0.25) is 0 Å². The molecule has 0 spiro atoms. The molecule has 0 bridgehead atoms. The Labute approximate surface area is 109 Å². The van der Waals surface area contributed by atoms with Crippen molar-refractivity contribution in [3.63, 3.8) is 0 Å². The van der Waals surface area contributed by atoms with Gasteiger partial charge in [0.15, 0.2) is 0 Å². The standard InChI is InChI=1S/C15H11FN2O/c16-12-7-3-2-6-11(12)15(19)18-14-9-10-5-1-4-8-13(10)17-14/h1-9,17H,(H,18,19). The summed E-state index contributed by atoms with van der Waals surface area (Å²) in [4.78, 5) is 15.0. The molecule has 19 heavy (non-hydrogen) atoms. The Morgan fingerprint density at radius 1 is 1.05 bits per heavy atom. The lowest BCUT2D eigenvalue weighted by Gasteiger charge is -2.03. The Hall–Kier alpha value is -2.62. The van der Waals surface area contributed by atoms with E-state index < -0.39 is 11.7 Å². The fourth-order valence-corrected chi connectivity index (χ4v) is 1.98. The summed E-state index contributed by atoms with van der Waals surface area (Å²) in [6.07, 6.45) is 0. The number of halogens is 1. The van der Waals surface area contributed by atoms with E-state index in [0.29, 0.717) is 5.82 Å². The number of H-pyrrole nitrogens is 1. The van der Waals surface area contributed by atoms with Gasteiger partial charge in [0.05, 0.1) is 5.56 Å². The fourth-order valence-electron chi connectivity index (χ4n) is 1.98. The zero-order valence-corrected chi connectivity index (χ0v) is 9.98. The van der Waals surface area contributed by atoms with Crippen LogP contribution in [-0.2, 0) is 0 Å². The molecule has 1 aromatic heterocycles. The highest BCUT2D eigenvalue weighted by atomic mass is 19.1. The lowest BCUT2D eigenvalue weighted by molar-refractivity contribution is 0.102. The Kier molecular flexibility index (Phi) is 2.76. The van der Waals surface area contributed by atoms with Gasteiger partial charge in [0.25, 0.3) is 5.91 Å². The summed E-state index contributed by atoms with van der Waals surface area (Å²) in [5.74, 6) is -0.449. The van der Waals surface area contributed by atoms with E-state index in [2.05, 4.69) is 10.3 Å². The number of fused-ring (bicyclic) bond motifs is 1. The Morgan fingerprint density at radius 2 is 1.79 bits per heavy atom. The Morgan fingerprint density at radius 3 is 2.58 bits per heavy atom. The average molecular weight is 254 g/mol. The number of aromatic nitrogens is 1. The third-order valence-electron chi connectivity index (χ3n) is 2.90. The zero-order chi connectivity index (χ0) is 13.2. The summed E-state index contributed by atoms with van der Waals surface area (Å²) in [5, 5.41) is 3.65. The first kappa shape index (κ1) is 11.5. The largest absolute Gasteiger partial charge is 0.341 e. The number of amides is 1. The molecule has 1 amide bonds. The molecule has 0 saturated carbocycles. The summed E-state index contributed by atoms with van der Waals surface area (Å²) >= 11 is 0. The highest BCUT2D eigenvalue weighted by molar-refractivity contribution is 6.05. The van der Waals surface area contributed by atoms with E-state index in [0.717, 1.165) is 10.9 Å². The number of carbonyl (C=O) groups is 1. The first-order chi connectivity index (χ1) is 9.24. The molecule has 1 heterocycles. The summed E-state index contributed by atoms with van der Waals surface area (Å²) < 4.78 is 13.5. The minimum atomic E-state index is -0.531. The van der Waals surface area contributed by atoms with Crippen LogP contribution < -0.4 is 5.32 Å². The first-order valence-corrected chi connectivity index (χ1v) is 5.88. The van der Waals surface area contributed by atoms with Crippen LogP contribution in [0.4, 0.5) is 10.2 Å². The minimum absolute atomic E-state index is 0.0288. The number of carbonyl (C=O) groups excluding carboxylic acids is 1. The molecule has 94 valence electrons. The maximum atomic E-state index is 13.5. The Balaban J connectivity index is 1.89. The molecule has 0 aliphatic heterocycles. The van der Waals surface area contributed by atoms with Crippen LogP contribution in [0.3, 0.4) is 0 Å². The van der Waals surface area contributed by atoms with E-state index in [1.54, 1.807) is 12.1 Å². The van der Waals surface area contributed by atoms with Crippen LogP contribution in [0.15, 0.2) is 54.6 Å². The molecule has 0 fully saturated rings. The van der Waals surface area contributed by atoms with Crippen molar-refractivity contribution in [1.29, 1.82) is 0 Å². The van der Waals surface area contributed by atoms with Crippen LogP contribution >= 0.6 is 0 Å². The molecule has 0 radical (unpaired) electrons. The van der Waals surface area contributed by atoms with Crippen LogP contribution in [0.1, 0.15) is 10.4 Å². The maximum Gasteiger partial charge on any atom is 0.259 e. The third-order valence-corrected chi connectivity index (χ3v) is 2.90. The molecule has 0 saturated heterocycles. The third kappa shape index (κ3) is 2.20. The molecular weight excluding hydrogens is 243 g/mol. The van der Waals surface area contributed by atoms with Crippen molar-refractivity contribution in [2.24, 2.45) is 0 Å². The van der Waals surface area contributed by atoms with Crippen LogP contribution in [-0.4, -0.2) is 10.9 Å². The van der Waals surface area contributed by atoms with Crippen molar-refractivity contribution in [2.75, 3.05) is 5.32 Å². The van der Waals surface area contributed by atoms with Crippen molar-refractivity contribution in [2.45, 2.75) is 0 Å². The van der Waals surface area contributed by atoms with E-state index in [1.807, 2.05) is 30.3 Å². The molecule has 2 N–H and O–H groups in total. The summed E-state index contributed by atoms with van der Waals surface area (Å²) in [6.45, 7) is 0.